The van der Waals surface area contributed by atoms with Gasteiger partial charge in [0.1, 0.15) is 17.2 Å². The predicted molar refractivity (Wildman–Crippen MR) is 106 cm³/mol. The summed E-state index contributed by atoms with van der Waals surface area (Å²) in [6, 6.07) is 20.8. The van der Waals surface area contributed by atoms with Crippen LogP contribution in [-0.4, -0.2) is 15.0 Å². The molecule has 1 N–H and O–H groups in total. The van der Waals surface area contributed by atoms with Crippen LogP contribution in [0.1, 0.15) is 16.1 Å². The lowest BCUT2D eigenvalue weighted by atomic mass is 10.1. The van der Waals surface area contributed by atoms with Crippen LogP contribution < -0.4 is 5.32 Å². The highest BCUT2D eigenvalue weighted by Gasteiger charge is 2.14. The molecule has 4 nitrogen and oxygen atoms in total. The molecule has 0 radical (unpaired) electrons. The van der Waals surface area contributed by atoms with E-state index in [2.05, 4.69) is 27.0 Å². The highest BCUT2D eigenvalue weighted by atomic mass is 32.1. The minimum atomic E-state index is -0.242. The highest BCUT2D eigenvalue weighted by Crippen LogP contribution is 2.21. The maximum atomic E-state index is 14.0. The number of hydrogen-bond donors (Lipinski definition) is 1. The van der Waals surface area contributed by atoms with Crippen molar-refractivity contribution < 1.29 is 4.39 Å². The van der Waals surface area contributed by atoms with Crippen molar-refractivity contribution in [1.82, 2.24) is 20.3 Å². The topological polar surface area (TPSA) is 42.7 Å². The number of thiophene rings is 1. The smallest absolute Gasteiger partial charge is 0.128 e. The zero-order chi connectivity index (χ0) is 18.5. The number of halogens is 1. The Morgan fingerprint density at radius 3 is 2.48 bits per heavy atom. The van der Waals surface area contributed by atoms with E-state index >= 15 is 0 Å². The Labute approximate surface area is 161 Å². The molecular weight excluding hydrogens is 359 g/mol. The van der Waals surface area contributed by atoms with Gasteiger partial charge in [-0.15, -0.1) is 11.3 Å². The molecule has 4 aromatic rings. The van der Waals surface area contributed by atoms with Gasteiger partial charge in [-0.05, 0) is 17.5 Å². The summed E-state index contributed by atoms with van der Waals surface area (Å²) in [6.45, 7) is 1.68. The summed E-state index contributed by atoms with van der Waals surface area (Å²) in [5.41, 5.74) is 3.26. The van der Waals surface area contributed by atoms with Gasteiger partial charge in [0, 0.05) is 29.1 Å². The number of benzene rings is 2. The van der Waals surface area contributed by atoms with Gasteiger partial charge in [-0.1, -0.05) is 54.6 Å². The average Bonchev–Trinajstić information content (AvgIpc) is 3.35. The summed E-state index contributed by atoms with van der Waals surface area (Å²) in [4.78, 5) is 2.85. The molecule has 0 bridgehead atoms. The largest absolute Gasteiger partial charge is 0.306 e. The lowest BCUT2D eigenvalue weighted by Gasteiger charge is -2.02. The van der Waals surface area contributed by atoms with Crippen LogP contribution in [0, 0.1) is 5.82 Å². The van der Waals surface area contributed by atoms with Crippen molar-refractivity contribution in [2.24, 2.45) is 0 Å². The summed E-state index contributed by atoms with van der Waals surface area (Å²) in [7, 11) is 0. The molecule has 2 aromatic carbocycles. The van der Waals surface area contributed by atoms with Crippen molar-refractivity contribution in [1.29, 1.82) is 0 Å². The fraction of sp³-hybridized carbons (Fsp3) is 0.143. The monoisotopic (exact) mass is 378 g/mol. The van der Waals surface area contributed by atoms with Gasteiger partial charge in [-0.2, -0.15) is 15.0 Å². The van der Waals surface area contributed by atoms with E-state index in [-0.39, 0.29) is 5.82 Å². The molecule has 136 valence electrons. The maximum Gasteiger partial charge on any atom is 0.128 e. The summed E-state index contributed by atoms with van der Waals surface area (Å²) in [6.07, 6.45) is 0. The first kappa shape index (κ1) is 17.6. The number of nitrogens with zero attached hydrogens (tertiary/aromatic N) is 3. The Morgan fingerprint density at radius 2 is 1.70 bits per heavy atom. The molecule has 0 aliphatic heterocycles. The van der Waals surface area contributed by atoms with Crippen molar-refractivity contribution in [2.75, 3.05) is 0 Å². The van der Waals surface area contributed by atoms with E-state index in [4.69, 9.17) is 0 Å². The number of nitrogens with one attached hydrogen (secondary N) is 1. The van der Waals surface area contributed by atoms with Crippen molar-refractivity contribution in [3.8, 4) is 11.3 Å². The molecule has 0 aliphatic rings. The Balaban J connectivity index is 1.57. The standard InChI is InChI=1S/C21H19FN4S/c22-19-11-5-4-9-17(19)15-26-24-20(14-23-13-18-10-6-12-27-18)21(25-26)16-7-2-1-3-8-16/h1-12,23H,13-15H2. The Kier molecular flexibility index (Phi) is 5.37. The van der Waals surface area contributed by atoms with Crippen LogP contribution in [0.2, 0.25) is 0 Å². The van der Waals surface area contributed by atoms with Crippen molar-refractivity contribution in [2.45, 2.75) is 19.6 Å². The molecule has 0 saturated carbocycles. The first-order chi connectivity index (χ1) is 13.3. The van der Waals surface area contributed by atoms with E-state index in [9.17, 15) is 4.39 Å². The van der Waals surface area contributed by atoms with Crippen LogP contribution in [0.15, 0.2) is 72.1 Å². The van der Waals surface area contributed by atoms with Gasteiger partial charge < -0.3 is 5.32 Å². The maximum absolute atomic E-state index is 14.0. The van der Waals surface area contributed by atoms with Gasteiger partial charge in [0.25, 0.3) is 0 Å². The van der Waals surface area contributed by atoms with Crippen LogP contribution in [0.3, 0.4) is 0 Å². The summed E-state index contributed by atoms with van der Waals surface area (Å²) >= 11 is 1.72. The summed E-state index contributed by atoms with van der Waals surface area (Å²) < 4.78 is 14.0. The van der Waals surface area contributed by atoms with Crippen molar-refractivity contribution in [3.05, 3.63) is 94.1 Å². The predicted octanol–water partition coefficient (Wildman–Crippen LogP) is 4.48. The molecule has 0 aliphatic carbocycles. The fourth-order valence-electron chi connectivity index (χ4n) is 2.89. The van der Waals surface area contributed by atoms with Gasteiger partial charge in [-0.3, -0.25) is 0 Å². The molecule has 6 heteroatoms. The van der Waals surface area contributed by atoms with Gasteiger partial charge in [0.2, 0.25) is 0 Å². The lowest BCUT2D eigenvalue weighted by molar-refractivity contribution is 0.543. The Bertz CT molecular complexity index is 996. The molecule has 0 atom stereocenters. The third-order valence-electron chi connectivity index (χ3n) is 4.21. The van der Waals surface area contributed by atoms with Gasteiger partial charge in [-0.25, -0.2) is 4.39 Å². The van der Waals surface area contributed by atoms with Gasteiger partial charge >= 0.3 is 0 Å². The second-order valence-electron chi connectivity index (χ2n) is 6.17. The lowest BCUT2D eigenvalue weighted by Crippen LogP contribution is -2.13. The molecular formula is C21H19FN4S. The van der Waals surface area contributed by atoms with E-state index in [1.807, 2.05) is 42.5 Å². The first-order valence-corrected chi connectivity index (χ1v) is 9.63. The summed E-state index contributed by atoms with van der Waals surface area (Å²) in [5, 5.41) is 14.7. The van der Waals surface area contributed by atoms with Crippen molar-refractivity contribution in [3.63, 3.8) is 0 Å². The normalized spacial score (nSPS) is 11.0. The third-order valence-corrected chi connectivity index (χ3v) is 5.09. The van der Waals surface area contributed by atoms with E-state index in [0.29, 0.717) is 18.7 Å². The molecule has 0 fully saturated rings. The van der Waals surface area contributed by atoms with Crippen LogP contribution >= 0.6 is 11.3 Å². The molecule has 0 amide bonds. The number of rotatable bonds is 7. The van der Waals surface area contributed by atoms with E-state index in [0.717, 1.165) is 23.5 Å². The zero-order valence-corrected chi connectivity index (χ0v) is 15.5. The van der Waals surface area contributed by atoms with E-state index < -0.39 is 0 Å². The van der Waals surface area contributed by atoms with Crippen LogP contribution in [0.5, 0.6) is 0 Å². The Morgan fingerprint density at radius 1 is 0.889 bits per heavy atom. The zero-order valence-electron chi connectivity index (χ0n) is 14.7. The molecule has 27 heavy (non-hydrogen) atoms. The minimum absolute atomic E-state index is 0.242. The SMILES string of the molecule is Fc1ccccc1Cn1nc(CNCc2cccs2)c(-c2ccccc2)n1. The number of aromatic nitrogens is 3. The molecule has 2 heterocycles. The number of hydrogen-bond acceptors (Lipinski definition) is 4. The van der Waals surface area contributed by atoms with Crippen molar-refractivity contribution >= 4 is 11.3 Å². The molecule has 2 aromatic heterocycles. The molecule has 0 spiro atoms. The molecule has 0 unspecified atom stereocenters. The van der Waals surface area contributed by atoms with E-state index in [1.165, 1.54) is 10.9 Å². The second kappa shape index (κ2) is 8.24. The third kappa shape index (κ3) is 4.30. The van der Waals surface area contributed by atoms with Gasteiger partial charge in [0.15, 0.2) is 0 Å². The summed E-state index contributed by atoms with van der Waals surface area (Å²) in [5.74, 6) is -0.242. The second-order valence-corrected chi connectivity index (χ2v) is 7.20. The van der Waals surface area contributed by atoms with E-state index in [1.54, 1.807) is 28.3 Å². The van der Waals surface area contributed by atoms with Gasteiger partial charge in [0.05, 0.1) is 6.54 Å². The fourth-order valence-corrected chi connectivity index (χ4v) is 3.56. The quantitative estimate of drug-likeness (QED) is 0.515. The molecule has 4 rings (SSSR count). The average molecular weight is 378 g/mol. The Hall–Kier alpha value is -2.83. The van der Waals surface area contributed by atoms with Crippen LogP contribution in [0.4, 0.5) is 4.39 Å². The first-order valence-electron chi connectivity index (χ1n) is 8.75. The molecule has 0 saturated heterocycles. The minimum Gasteiger partial charge on any atom is -0.306 e. The highest BCUT2D eigenvalue weighted by molar-refractivity contribution is 7.09. The van der Waals surface area contributed by atoms with Crippen LogP contribution in [-0.2, 0) is 19.6 Å². The van der Waals surface area contributed by atoms with Crippen LogP contribution in [0.25, 0.3) is 11.3 Å².